The van der Waals surface area contributed by atoms with Crippen molar-refractivity contribution in [1.29, 1.82) is 0 Å². The van der Waals surface area contributed by atoms with Gasteiger partial charge in [0.05, 0.1) is 6.61 Å². The van der Waals surface area contributed by atoms with Crippen LogP contribution in [0.3, 0.4) is 0 Å². The van der Waals surface area contributed by atoms with Gasteiger partial charge in [-0.2, -0.15) is 0 Å². The Hall–Kier alpha value is -0.810. The molecule has 0 rings (SSSR count). The molecule has 0 heterocycles. The Balaban J connectivity index is 4.55. The van der Waals surface area contributed by atoms with Crippen molar-refractivity contribution in [2.75, 3.05) is 26.4 Å². The minimum absolute atomic E-state index is 0.0259. The number of alkyl carbamates (subject to hydrolysis) is 1. The van der Waals surface area contributed by atoms with E-state index in [4.69, 9.17) is 9.47 Å². The van der Waals surface area contributed by atoms with Crippen LogP contribution in [0.1, 0.15) is 67.2 Å². The topological polar surface area (TPSA) is 67.8 Å². The first-order valence-corrected chi connectivity index (χ1v) is 8.79. The van der Waals surface area contributed by atoms with Crippen LogP contribution in [0, 0.1) is 11.3 Å². The summed E-state index contributed by atoms with van der Waals surface area (Å²) in [7, 11) is 0. The van der Waals surface area contributed by atoms with Crippen molar-refractivity contribution in [2.24, 2.45) is 11.3 Å². The highest BCUT2D eigenvalue weighted by atomic mass is 16.6. The van der Waals surface area contributed by atoms with Gasteiger partial charge in [0.2, 0.25) is 0 Å². The Morgan fingerprint density at radius 3 is 2.35 bits per heavy atom. The fraction of sp³-hybridized carbons (Fsp3) is 0.944. The molecular weight excluding hydrogens is 294 g/mol. The van der Waals surface area contributed by atoms with Crippen molar-refractivity contribution in [3.8, 4) is 0 Å². The van der Waals surface area contributed by atoms with Crippen LogP contribution in [-0.2, 0) is 9.47 Å². The SMILES string of the molecule is CCCCOCCC(CO)(CNC(=O)OC(C)(C)C)CC(C)C. The minimum Gasteiger partial charge on any atom is -0.444 e. The molecule has 0 spiro atoms. The summed E-state index contributed by atoms with van der Waals surface area (Å²) < 4.78 is 10.9. The summed E-state index contributed by atoms with van der Waals surface area (Å²) in [4.78, 5) is 11.9. The molecule has 0 aromatic carbocycles. The van der Waals surface area contributed by atoms with E-state index in [1.165, 1.54) is 0 Å². The van der Waals surface area contributed by atoms with Crippen molar-refractivity contribution in [2.45, 2.75) is 72.8 Å². The number of aliphatic hydroxyl groups is 1. The first-order valence-electron chi connectivity index (χ1n) is 8.79. The molecule has 5 heteroatoms. The molecular formula is C18H37NO4. The van der Waals surface area contributed by atoms with Crippen LogP contribution in [-0.4, -0.2) is 43.2 Å². The van der Waals surface area contributed by atoms with Crippen molar-refractivity contribution < 1.29 is 19.4 Å². The van der Waals surface area contributed by atoms with E-state index >= 15 is 0 Å². The fourth-order valence-electron chi connectivity index (χ4n) is 2.54. The molecule has 1 unspecified atom stereocenters. The van der Waals surface area contributed by atoms with Gasteiger partial charge in [0.25, 0.3) is 0 Å². The summed E-state index contributed by atoms with van der Waals surface area (Å²) in [6.45, 7) is 13.6. The number of carbonyl (C=O) groups is 1. The number of aliphatic hydroxyl groups excluding tert-OH is 1. The highest BCUT2D eigenvalue weighted by Crippen LogP contribution is 2.30. The number of unbranched alkanes of at least 4 members (excludes halogenated alkanes) is 1. The van der Waals surface area contributed by atoms with Crippen LogP contribution in [0.4, 0.5) is 4.79 Å². The van der Waals surface area contributed by atoms with Crippen molar-refractivity contribution in [3.05, 3.63) is 0 Å². The van der Waals surface area contributed by atoms with E-state index in [2.05, 4.69) is 26.1 Å². The molecule has 138 valence electrons. The molecule has 1 amide bonds. The second-order valence-corrected chi connectivity index (χ2v) is 7.83. The molecule has 0 radical (unpaired) electrons. The van der Waals surface area contributed by atoms with Gasteiger partial charge in [-0.25, -0.2) is 4.79 Å². The highest BCUT2D eigenvalue weighted by Gasteiger charge is 2.31. The second-order valence-electron chi connectivity index (χ2n) is 7.83. The van der Waals surface area contributed by atoms with Gasteiger partial charge in [0.15, 0.2) is 0 Å². The summed E-state index contributed by atoms with van der Waals surface area (Å²) in [6, 6.07) is 0. The van der Waals surface area contributed by atoms with Gasteiger partial charge in [-0.05, 0) is 46.0 Å². The van der Waals surface area contributed by atoms with Crippen molar-refractivity contribution >= 4 is 6.09 Å². The van der Waals surface area contributed by atoms with Gasteiger partial charge in [-0.1, -0.05) is 27.2 Å². The maximum absolute atomic E-state index is 11.9. The average Bonchev–Trinajstić information content (AvgIpc) is 2.42. The van der Waals surface area contributed by atoms with E-state index in [1.807, 2.05) is 20.8 Å². The average molecular weight is 331 g/mol. The Bertz CT molecular complexity index is 325. The molecule has 0 saturated carbocycles. The lowest BCUT2D eigenvalue weighted by Gasteiger charge is -2.34. The Morgan fingerprint density at radius 1 is 1.22 bits per heavy atom. The lowest BCUT2D eigenvalue weighted by atomic mass is 9.78. The summed E-state index contributed by atoms with van der Waals surface area (Å²) in [5, 5.41) is 12.7. The number of rotatable bonds is 11. The van der Waals surface area contributed by atoms with Crippen LogP contribution in [0.5, 0.6) is 0 Å². The maximum Gasteiger partial charge on any atom is 0.407 e. The first-order chi connectivity index (χ1) is 10.6. The molecule has 5 nitrogen and oxygen atoms in total. The third kappa shape index (κ3) is 11.4. The van der Waals surface area contributed by atoms with E-state index in [-0.39, 0.29) is 12.0 Å². The van der Waals surface area contributed by atoms with E-state index in [9.17, 15) is 9.90 Å². The zero-order chi connectivity index (χ0) is 17.9. The largest absolute Gasteiger partial charge is 0.444 e. The van der Waals surface area contributed by atoms with E-state index in [1.54, 1.807) is 0 Å². The van der Waals surface area contributed by atoms with Crippen LogP contribution in [0.25, 0.3) is 0 Å². The van der Waals surface area contributed by atoms with E-state index in [0.717, 1.165) is 32.3 Å². The smallest absolute Gasteiger partial charge is 0.407 e. The number of amides is 1. The number of carbonyl (C=O) groups excluding carboxylic acids is 1. The van der Waals surface area contributed by atoms with Gasteiger partial charge in [-0.3, -0.25) is 0 Å². The third-order valence-corrected chi connectivity index (χ3v) is 3.60. The summed E-state index contributed by atoms with van der Waals surface area (Å²) in [5.41, 5.74) is -0.884. The first kappa shape index (κ1) is 22.2. The Morgan fingerprint density at radius 2 is 1.87 bits per heavy atom. The lowest BCUT2D eigenvalue weighted by Crippen LogP contribution is -2.43. The van der Waals surface area contributed by atoms with Gasteiger partial charge in [0.1, 0.15) is 5.60 Å². The second kappa shape index (κ2) is 10.9. The predicted molar refractivity (Wildman–Crippen MR) is 93.6 cm³/mol. The quantitative estimate of drug-likeness (QED) is 0.566. The molecule has 0 aliphatic rings. The van der Waals surface area contributed by atoms with Crippen LogP contribution >= 0.6 is 0 Å². The Labute approximate surface area is 142 Å². The van der Waals surface area contributed by atoms with E-state index in [0.29, 0.717) is 19.1 Å². The van der Waals surface area contributed by atoms with Crippen LogP contribution < -0.4 is 5.32 Å². The van der Waals surface area contributed by atoms with Gasteiger partial charge < -0.3 is 19.9 Å². The Kier molecular flexibility index (Phi) is 10.5. The fourth-order valence-corrected chi connectivity index (χ4v) is 2.54. The normalized spacial score (nSPS) is 14.6. The highest BCUT2D eigenvalue weighted by molar-refractivity contribution is 5.67. The number of ether oxygens (including phenoxy) is 2. The van der Waals surface area contributed by atoms with Gasteiger partial charge >= 0.3 is 6.09 Å². The molecule has 0 aliphatic heterocycles. The molecule has 0 aromatic rings. The molecule has 0 saturated heterocycles. The summed E-state index contributed by atoms with van der Waals surface area (Å²) in [6.07, 6.45) is 3.27. The van der Waals surface area contributed by atoms with Crippen molar-refractivity contribution in [1.82, 2.24) is 5.32 Å². The maximum atomic E-state index is 11.9. The van der Waals surface area contributed by atoms with E-state index < -0.39 is 11.7 Å². The van der Waals surface area contributed by atoms with Crippen LogP contribution in [0.15, 0.2) is 0 Å². The summed E-state index contributed by atoms with van der Waals surface area (Å²) in [5.74, 6) is 0.429. The van der Waals surface area contributed by atoms with Crippen LogP contribution in [0.2, 0.25) is 0 Å². The zero-order valence-corrected chi connectivity index (χ0v) is 15.9. The molecule has 0 aliphatic carbocycles. The van der Waals surface area contributed by atoms with Crippen molar-refractivity contribution in [3.63, 3.8) is 0 Å². The third-order valence-electron chi connectivity index (χ3n) is 3.60. The standard InChI is InChI=1S/C18H37NO4/c1-7-8-10-22-11-9-18(14-20,12-15(2)3)13-19-16(21)23-17(4,5)6/h15,20H,7-14H2,1-6H3,(H,19,21). The number of hydrogen-bond acceptors (Lipinski definition) is 4. The molecule has 23 heavy (non-hydrogen) atoms. The minimum atomic E-state index is -0.521. The lowest BCUT2D eigenvalue weighted by molar-refractivity contribution is 0.0289. The molecule has 2 N–H and O–H groups in total. The molecule has 1 atom stereocenters. The summed E-state index contributed by atoms with van der Waals surface area (Å²) >= 11 is 0. The number of hydrogen-bond donors (Lipinski definition) is 2. The zero-order valence-electron chi connectivity index (χ0n) is 15.9. The molecule has 0 aromatic heterocycles. The number of nitrogens with one attached hydrogen (secondary N) is 1. The predicted octanol–water partition coefficient (Wildman–Crippen LogP) is 3.74. The molecule has 0 fully saturated rings. The molecule has 0 bridgehead atoms. The van der Waals surface area contributed by atoms with Gasteiger partial charge in [-0.15, -0.1) is 0 Å². The van der Waals surface area contributed by atoms with Gasteiger partial charge in [0, 0.05) is 25.2 Å². The monoisotopic (exact) mass is 331 g/mol.